The first kappa shape index (κ1) is 16.7. The van der Waals surface area contributed by atoms with Crippen LogP contribution in [0.5, 0.6) is 5.75 Å². The Morgan fingerprint density at radius 1 is 1.00 bits per heavy atom. The van der Waals surface area contributed by atoms with Crippen LogP contribution in [0.15, 0.2) is 42.5 Å². The molecule has 0 unspecified atom stereocenters. The lowest BCUT2D eigenvalue weighted by atomic mass is 10.3. The fourth-order valence-electron chi connectivity index (χ4n) is 1.65. The summed E-state index contributed by atoms with van der Waals surface area (Å²) in [6.45, 7) is 0.607. The summed E-state index contributed by atoms with van der Waals surface area (Å²) in [5.74, 6) is 0.573. The lowest BCUT2D eigenvalue weighted by Gasteiger charge is -2.11. The van der Waals surface area contributed by atoms with E-state index in [0.717, 1.165) is 0 Å². The van der Waals surface area contributed by atoms with Crippen LogP contribution in [0, 0.1) is 0 Å². The lowest BCUT2D eigenvalue weighted by Crippen LogP contribution is -2.32. The van der Waals surface area contributed by atoms with Crippen LogP contribution in [0.25, 0.3) is 0 Å². The van der Waals surface area contributed by atoms with Gasteiger partial charge in [0.1, 0.15) is 12.4 Å². The molecule has 0 aromatic heterocycles. The highest BCUT2D eigenvalue weighted by Crippen LogP contribution is 2.29. The summed E-state index contributed by atoms with van der Waals surface area (Å²) in [6, 6.07) is 11.7. The van der Waals surface area contributed by atoms with Gasteiger partial charge >= 0.3 is 6.03 Å². The van der Waals surface area contributed by atoms with Gasteiger partial charge in [0.15, 0.2) is 0 Å². The molecule has 0 aliphatic carbocycles. The molecule has 22 heavy (non-hydrogen) atoms. The van der Waals surface area contributed by atoms with Crippen molar-refractivity contribution in [3.63, 3.8) is 0 Å². The number of hydrogen-bond donors (Lipinski definition) is 2. The van der Waals surface area contributed by atoms with Crippen LogP contribution < -0.4 is 15.4 Å². The molecule has 0 bridgehead atoms. The summed E-state index contributed by atoms with van der Waals surface area (Å²) in [5, 5.41) is 6.46. The highest BCUT2D eigenvalue weighted by molar-refractivity contribution is 6.43. The zero-order valence-corrected chi connectivity index (χ0v) is 13.7. The Bertz CT molecular complexity index is 665. The first-order chi connectivity index (χ1) is 10.6. The predicted octanol–water partition coefficient (Wildman–Crippen LogP) is 4.85. The van der Waals surface area contributed by atoms with Gasteiger partial charge in [0, 0.05) is 0 Å². The van der Waals surface area contributed by atoms with Crippen molar-refractivity contribution >= 4 is 46.5 Å². The van der Waals surface area contributed by atoms with E-state index in [4.69, 9.17) is 39.5 Å². The molecule has 0 aliphatic heterocycles. The molecular formula is C15H13Cl3N2O2. The summed E-state index contributed by atoms with van der Waals surface area (Å²) in [7, 11) is 0. The number of para-hydroxylation sites is 1. The molecule has 0 radical (unpaired) electrons. The fraction of sp³-hybridized carbons (Fsp3) is 0.133. The number of carbonyl (C=O) groups is 1. The maximum Gasteiger partial charge on any atom is 0.319 e. The van der Waals surface area contributed by atoms with Crippen LogP contribution in [0.3, 0.4) is 0 Å². The van der Waals surface area contributed by atoms with Gasteiger partial charge in [0.2, 0.25) is 0 Å². The summed E-state index contributed by atoms with van der Waals surface area (Å²) in [6.07, 6.45) is 0. The summed E-state index contributed by atoms with van der Waals surface area (Å²) in [4.78, 5) is 11.7. The van der Waals surface area contributed by atoms with E-state index >= 15 is 0 Å². The summed E-state index contributed by atoms with van der Waals surface area (Å²) < 4.78 is 5.46. The van der Waals surface area contributed by atoms with E-state index in [0.29, 0.717) is 39.7 Å². The van der Waals surface area contributed by atoms with Crippen molar-refractivity contribution in [1.82, 2.24) is 5.32 Å². The van der Waals surface area contributed by atoms with E-state index in [1.54, 1.807) is 30.3 Å². The molecular weight excluding hydrogens is 347 g/mol. The second-order valence-electron chi connectivity index (χ2n) is 4.26. The molecule has 0 saturated carbocycles. The molecule has 0 atom stereocenters. The van der Waals surface area contributed by atoms with Gasteiger partial charge in [0.05, 0.1) is 27.3 Å². The monoisotopic (exact) mass is 358 g/mol. The number of rotatable bonds is 5. The van der Waals surface area contributed by atoms with Gasteiger partial charge in [-0.25, -0.2) is 4.79 Å². The number of ether oxygens (including phenoxy) is 1. The van der Waals surface area contributed by atoms with Crippen molar-refractivity contribution < 1.29 is 9.53 Å². The van der Waals surface area contributed by atoms with Gasteiger partial charge in [-0.05, 0) is 24.3 Å². The summed E-state index contributed by atoms with van der Waals surface area (Å²) >= 11 is 17.8. The summed E-state index contributed by atoms with van der Waals surface area (Å²) in [5.41, 5.74) is 0.443. The van der Waals surface area contributed by atoms with Crippen molar-refractivity contribution in [2.75, 3.05) is 18.5 Å². The average Bonchev–Trinajstić information content (AvgIpc) is 2.50. The molecule has 2 amide bonds. The quantitative estimate of drug-likeness (QED) is 0.750. The Labute approximate surface area is 143 Å². The van der Waals surface area contributed by atoms with Crippen LogP contribution in [-0.4, -0.2) is 19.2 Å². The molecule has 0 aliphatic rings. The Kier molecular flexibility index (Phi) is 6.19. The zero-order chi connectivity index (χ0) is 15.9. The molecule has 0 fully saturated rings. The van der Waals surface area contributed by atoms with Gasteiger partial charge in [0.25, 0.3) is 0 Å². The third kappa shape index (κ3) is 4.70. The van der Waals surface area contributed by atoms with Crippen LogP contribution in [0.1, 0.15) is 0 Å². The van der Waals surface area contributed by atoms with E-state index < -0.39 is 6.03 Å². The number of hydrogen-bond acceptors (Lipinski definition) is 2. The highest BCUT2D eigenvalue weighted by atomic mass is 35.5. The minimum absolute atomic E-state index is 0.292. The normalized spacial score (nSPS) is 10.1. The Hall–Kier alpha value is -1.62. The molecule has 0 saturated heterocycles. The molecule has 2 aromatic rings. The molecule has 2 N–H and O–H groups in total. The van der Waals surface area contributed by atoms with Crippen molar-refractivity contribution in [3.8, 4) is 5.75 Å². The SMILES string of the molecule is O=C(NCCOc1ccccc1Cl)Nc1cccc(Cl)c1Cl. The second kappa shape index (κ2) is 8.13. The van der Waals surface area contributed by atoms with Gasteiger partial charge in [-0.3, -0.25) is 0 Å². The number of urea groups is 1. The lowest BCUT2D eigenvalue weighted by molar-refractivity contribution is 0.247. The zero-order valence-electron chi connectivity index (χ0n) is 11.4. The maximum atomic E-state index is 11.7. The molecule has 116 valence electrons. The van der Waals surface area contributed by atoms with Crippen LogP contribution in [0.2, 0.25) is 15.1 Å². The molecule has 2 rings (SSSR count). The number of amides is 2. The van der Waals surface area contributed by atoms with Gasteiger partial charge < -0.3 is 15.4 Å². The number of nitrogens with one attached hydrogen (secondary N) is 2. The molecule has 2 aromatic carbocycles. The molecule has 0 heterocycles. The van der Waals surface area contributed by atoms with Gasteiger partial charge in [-0.1, -0.05) is 53.0 Å². The Morgan fingerprint density at radius 2 is 1.73 bits per heavy atom. The van der Waals surface area contributed by atoms with Crippen molar-refractivity contribution in [2.24, 2.45) is 0 Å². The number of anilines is 1. The van der Waals surface area contributed by atoms with E-state index in [9.17, 15) is 4.79 Å². The van der Waals surface area contributed by atoms with E-state index in [-0.39, 0.29) is 0 Å². The predicted molar refractivity (Wildman–Crippen MR) is 90.4 cm³/mol. The Balaban J connectivity index is 1.76. The standard InChI is InChI=1S/C15H13Cl3N2O2/c16-10-4-1-2-7-13(10)22-9-8-19-15(21)20-12-6-3-5-11(17)14(12)18/h1-7H,8-9H2,(H2,19,20,21). The first-order valence-electron chi connectivity index (χ1n) is 6.44. The number of carbonyl (C=O) groups excluding carboxylic acids is 1. The number of benzene rings is 2. The third-order valence-electron chi connectivity index (χ3n) is 2.68. The van der Waals surface area contributed by atoms with Crippen LogP contribution in [0.4, 0.5) is 10.5 Å². The first-order valence-corrected chi connectivity index (χ1v) is 7.57. The van der Waals surface area contributed by atoms with Crippen molar-refractivity contribution in [2.45, 2.75) is 0 Å². The largest absolute Gasteiger partial charge is 0.490 e. The van der Waals surface area contributed by atoms with Crippen LogP contribution >= 0.6 is 34.8 Å². The van der Waals surface area contributed by atoms with E-state index in [1.807, 2.05) is 12.1 Å². The molecule has 0 spiro atoms. The van der Waals surface area contributed by atoms with E-state index in [2.05, 4.69) is 10.6 Å². The van der Waals surface area contributed by atoms with E-state index in [1.165, 1.54) is 0 Å². The van der Waals surface area contributed by atoms with Crippen molar-refractivity contribution in [3.05, 3.63) is 57.5 Å². The maximum absolute atomic E-state index is 11.7. The van der Waals surface area contributed by atoms with Gasteiger partial charge in [-0.15, -0.1) is 0 Å². The topological polar surface area (TPSA) is 50.4 Å². The Morgan fingerprint density at radius 3 is 2.50 bits per heavy atom. The van der Waals surface area contributed by atoms with Gasteiger partial charge in [-0.2, -0.15) is 0 Å². The minimum atomic E-state index is -0.396. The number of halogens is 3. The molecule has 4 nitrogen and oxygen atoms in total. The third-order valence-corrected chi connectivity index (χ3v) is 3.81. The van der Waals surface area contributed by atoms with Crippen LogP contribution in [-0.2, 0) is 0 Å². The highest BCUT2D eigenvalue weighted by Gasteiger charge is 2.07. The van der Waals surface area contributed by atoms with Crippen molar-refractivity contribution in [1.29, 1.82) is 0 Å². The fourth-order valence-corrected chi connectivity index (χ4v) is 2.19. The minimum Gasteiger partial charge on any atom is -0.490 e. The molecule has 7 heteroatoms. The average molecular weight is 360 g/mol. The smallest absolute Gasteiger partial charge is 0.319 e. The second-order valence-corrected chi connectivity index (χ2v) is 5.45.